The van der Waals surface area contributed by atoms with E-state index in [0.717, 1.165) is 44.9 Å². The number of ether oxygens (including phenoxy) is 2. The van der Waals surface area contributed by atoms with Gasteiger partial charge < -0.3 is 20.1 Å². The van der Waals surface area contributed by atoms with Crippen LogP contribution in [0.3, 0.4) is 0 Å². The van der Waals surface area contributed by atoms with Gasteiger partial charge >= 0.3 is 0 Å². The lowest BCUT2D eigenvalue weighted by molar-refractivity contribution is -0.122. The van der Waals surface area contributed by atoms with Gasteiger partial charge in [0.15, 0.2) is 0 Å². The Hall–Kier alpha value is -1.05. The van der Waals surface area contributed by atoms with E-state index in [1.807, 2.05) is 12.1 Å². The maximum atomic E-state index is 12.7. The highest BCUT2D eigenvalue weighted by Gasteiger charge is 2.34. The van der Waals surface area contributed by atoms with Crippen molar-refractivity contribution >= 4 is 30.7 Å². The number of carbonyl (C=O) groups excluding carboxylic acids is 1. The van der Waals surface area contributed by atoms with E-state index in [2.05, 4.69) is 27.7 Å². The Kier molecular flexibility index (Phi) is 10.2. The van der Waals surface area contributed by atoms with Crippen molar-refractivity contribution in [2.24, 2.45) is 5.92 Å². The maximum absolute atomic E-state index is 12.7. The number of nitrogens with zero attached hydrogens (tertiary/aromatic N) is 1. The van der Waals surface area contributed by atoms with Crippen molar-refractivity contribution < 1.29 is 14.3 Å². The molecular weight excluding hydrogens is 425 g/mol. The van der Waals surface area contributed by atoms with Crippen LogP contribution in [0, 0.1) is 5.92 Å². The van der Waals surface area contributed by atoms with Crippen LogP contribution in [0.25, 0.3) is 0 Å². The molecule has 2 bridgehead atoms. The summed E-state index contributed by atoms with van der Waals surface area (Å²) >= 11 is 0. The third kappa shape index (κ3) is 6.47. The summed E-state index contributed by atoms with van der Waals surface area (Å²) in [6, 6.07) is 9.65. The van der Waals surface area contributed by atoms with E-state index in [1.54, 1.807) is 7.11 Å². The second-order valence-corrected chi connectivity index (χ2v) is 8.42. The fourth-order valence-corrected chi connectivity index (χ4v) is 5.06. The Morgan fingerprint density at radius 3 is 2.40 bits per heavy atom. The number of piperidine rings is 1. The second-order valence-electron chi connectivity index (χ2n) is 8.42. The van der Waals surface area contributed by atoms with E-state index >= 15 is 0 Å². The Morgan fingerprint density at radius 1 is 1.17 bits per heavy atom. The second kappa shape index (κ2) is 12.1. The first-order chi connectivity index (χ1) is 13.7. The first-order valence-electron chi connectivity index (χ1n) is 10.7. The predicted molar refractivity (Wildman–Crippen MR) is 123 cm³/mol. The van der Waals surface area contributed by atoms with Gasteiger partial charge in [0.25, 0.3) is 0 Å². The van der Waals surface area contributed by atoms with E-state index in [9.17, 15) is 4.79 Å². The molecule has 1 amide bonds. The van der Waals surface area contributed by atoms with Gasteiger partial charge in [-0.1, -0.05) is 12.1 Å². The number of hydrogen-bond acceptors (Lipinski definition) is 5. The number of carbonyl (C=O) groups is 1. The van der Waals surface area contributed by atoms with E-state index < -0.39 is 0 Å². The number of methoxy groups -OCH3 is 1. The molecule has 0 radical (unpaired) electrons. The third-order valence-corrected chi connectivity index (χ3v) is 6.52. The molecule has 1 aromatic rings. The molecule has 30 heavy (non-hydrogen) atoms. The van der Waals surface area contributed by atoms with Gasteiger partial charge in [0.2, 0.25) is 5.91 Å². The molecule has 2 N–H and O–H groups in total. The summed E-state index contributed by atoms with van der Waals surface area (Å²) in [5, 5.41) is 6.89. The lowest BCUT2D eigenvalue weighted by Crippen LogP contribution is -2.44. The molecule has 3 saturated heterocycles. The number of morpholine rings is 1. The van der Waals surface area contributed by atoms with Gasteiger partial charge in [-0.25, -0.2) is 0 Å². The standard InChI is InChI=1S/C22H33N3O3.2ClH/c1-27-20-6-2-17(3-7-20)21(25-8-10-28-11-9-25)15-23-22(26)14-16-12-18-4-5-19(13-16)24-18;;/h2-3,6-7,16,18-19,21,24H,4-5,8-15H2,1H3,(H,23,26);2*1H. The SMILES string of the molecule is COc1ccc(C(CNC(=O)CC2CC3CCC(C2)N3)N2CCOCC2)cc1.Cl.Cl. The monoisotopic (exact) mass is 459 g/mol. The van der Waals surface area contributed by atoms with Crippen molar-refractivity contribution in [1.29, 1.82) is 0 Å². The molecule has 1 aromatic carbocycles. The van der Waals surface area contributed by atoms with Crippen molar-refractivity contribution in [3.8, 4) is 5.75 Å². The summed E-state index contributed by atoms with van der Waals surface area (Å²) in [4.78, 5) is 15.1. The summed E-state index contributed by atoms with van der Waals surface area (Å²) in [5.74, 6) is 1.58. The molecule has 0 spiro atoms. The summed E-state index contributed by atoms with van der Waals surface area (Å²) < 4.78 is 10.8. The molecule has 170 valence electrons. The molecule has 4 rings (SSSR count). The zero-order valence-electron chi connectivity index (χ0n) is 17.7. The van der Waals surface area contributed by atoms with Gasteiger partial charge in [-0.05, 0) is 49.3 Å². The molecular formula is C22H35Cl2N3O3. The molecule has 3 heterocycles. The molecule has 3 atom stereocenters. The van der Waals surface area contributed by atoms with Gasteiger partial charge in [-0.15, -0.1) is 24.8 Å². The zero-order valence-corrected chi connectivity index (χ0v) is 19.3. The molecule has 3 unspecified atom stereocenters. The van der Waals surface area contributed by atoms with Gasteiger partial charge in [0.05, 0.1) is 26.4 Å². The van der Waals surface area contributed by atoms with E-state index in [1.165, 1.54) is 18.4 Å². The van der Waals surface area contributed by atoms with Crippen molar-refractivity contribution in [3.63, 3.8) is 0 Å². The molecule has 3 aliphatic rings. The normalized spacial score (nSPS) is 26.8. The minimum Gasteiger partial charge on any atom is -0.497 e. The zero-order chi connectivity index (χ0) is 19.3. The number of fused-ring (bicyclic) bond motifs is 2. The molecule has 3 aliphatic heterocycles. The number of benzene rings is 1. The fourth-order valence-electron chi connectivity index (χ4n) is 5.06. The van der Waals surface area contributed by atoms with Gasteiger partial charge in [-0.2, -0.15) is 0 Å². The van der Waals surface area contributed by atoms with Crippen LogP contribution in [-0.2, 0) is 9.53 Å². The highest BCUT2D eigenvalue weighted by atomic mass is 35.5. The average molecular weight is 460 g/mol. The van der Waals surface area contributed by atoms with Crippen molar-refractivity contribution in [2.45, 2.75) is 50.2 Å². The van der Waals surface area contributed by atoms with Gasteiger partial charge in [0, 0.05) is 38.1 Å². The largest absolute Gasteiger partial charge is 0.497 e. The van der Waals surface area contributed by atoms with E-state index in [4.69, 9.17) is 9.47 Å². The Bertz CT molecular complexity index is 644. The van der Waals surface area contributed by atoms with Crippen molar-refractivity contribution in [1.82, 2.24) is 15.5 Å². The Labute approximate surface area is 192 Å². The van der Waals surface area contributed by atoms with Crippen LogP contribution in [-0.4, -0.2) is 62.8 Å². The highest BCUT2D eigenvalue weighted by molar-refractivity contribution is 5.85. The van der Waals surface area contributed by atoms with Crippen LogP contribution in [0.5, 0.6) is 5.75 Å². The van der Waals surface area contributed by atoms with Crippen LogP contribution in [0.15, 0.2) is 24.3 Å². The van der Waals surface area contributed by atoms with E-state index in [-0.39, 0.29) is 36.8 Å². The minimum absolute atomic E-state index is 0. The van der Waals surface area contributed by atoms with Crippen LogP contribution >= 0.6 is 24.8 Å². The van der Waals surface area contributed by atoms with Crippen LogP contribution < -0.4 is 15.4 Å². The topological polar surface area (TPSA) is 62.8 Å². The Morgan fingerprint density at radius 2 is 1.80 bits per heavy atom. The number of rotatable bonds is 7. The summed E-state index contributed by atoms with van der Waals surface area (Å²) in [5.41, 5.74) is 1.21. The van der Waals surface area contributed by atoms with E-state index in [0.29, 0.717) is 31.0 Å². The quantitative estimate of drug-likeness (QED) is 0.655. The summed E-state index contributed by atoms with van der Waals surface area (Å²) in [6.07, 6.45) is 5.51. The van der Waals surface area contributed by atoms with Gasteiger partial charge in [0.1, 0.15) is 5.75 Å². The number of amides is 1. The smallest absolute Gasteiger partial charge is 0.220 e. The average Bonchev–Trinajstić information content (AvgIpc) is 3.07. The van der Waals surface area contributed by atoms with Crippen molar-refractivity contribution in [3.05, 3.63) is 29.8 Å². The third-order valence-electron chi connectivity index (χ3n) is 6.52. The number of hydrogen-bond donors (Lipinski definition) is 2. The van der Waals surface area contributed by atoms with Crippen LogP contribution in [0.4, 0.5) is 0 Å². The molecule has 0 aromatic heterocycles. The van der Waals surface area contributed by atoms with Gasteiger partial charge in [-0.3, -0.25) is 9.69 Å². The molecule has 0 aliphatic carbocycles. The summed E-state index contributed by atoms with van der Waals surface area (Å²) in [6.45, 7) is 3.92. The Balaban J connectivity index is 0.00000160. The number of nitrogens with one attached hydrogen (secondary N) is 2. The number of halogens is 2. The fraction of sp³-hybridized carbons (Fsp3) is 0.682. The lowest BCUT2D eigenvalue weighted by Gasteiger charge is -2.35. The van der Waals surface area contributed by atoms with Crippen LogP contribution in [0.2, 0.25) is 0 Å². The lowest BCUT2D eigenvalue weighted by atomic mass is 9.89. The minimum atomic E-state index is 0. The molecule has 3 fully saturated rings. The van der Waals surface area contributed by atoms with Crippen molar-refractivity contribution in [2.75, 3.05) is 40.0 Å². The first-order valence-corrected chi connectivity index (χ1v) is 10.7. The van der Waals surface area contributed by atoms with Crippen LogP contribution in [0.1, 0.15) is 43.7 Å². The maximum Gasteiger partial charge on any atom is 0.220 e. The molecule has 8 heteroatoms. The highest BCUT2D eigenvalue weighted by Crippen LogP contribution is 2.32. The predicted octanol–water partition coefficient (Wildman–Crippen LogP) is 2.95. The summed E-state index contributed by atoms with van der Waals surface area (Å²) in [7, 11) is 1.68. The molecule has 6 nitrogen and oxygen atoms in total. The molecule has 0 saturated carbocycles. The first kappa shape index (κ1) is 25.2.